The molecule has 1 saturated heterocycles. The third kappa shape index (κ3) is 6.73. The highest BCUT2D eigenvalue weighted by Gasteiger charge is 2.22. The fourth-order valence-electron chi connectivity index (χ4n) is 2.61. The smallest absolute Gasteiger partial charge is 0.387 e. The number of benzene rings is 1. The molecular weight excluding hydrogens is 426 g/mol. The van der Waals surface area contributed by atoms with Crippen LogP contribution in [-0.2, 0) is 19.1 Å². The van der Waals surface area contributed by atoms with Crippen molar-refractivity contribution in [2.45, 2.75) is 6.61 Å². The van der Waals surface area contributed by atoms with Crippen molar-refractivity contribution in [1.29, 1.82) is 0 Å². The van der Waals surface area contributed by atoms with Gasteiger partial charge in [0.2, 0.25) is 11.8 Å². The molecule has 2 rings (SSSR count). The van der Waals surface area contributed by atoms with Gasteiger partial charge in [-0.05, 0) is 0 Å². The number of methoxy groups -OCH3 is 2. The molecule has 2 amide bonds. The van der Waals surface area contributed by atoms with Crippen LogP contribution in [0.4, 0.5) is 14.5 Å². The summed E-state index contributed by atoms with van der Waals surface area (Å²) < 4.78 is 44.5. The monoisotopic (exact) mass is 448 g/mol. The average Bonchev–Trinajstić information content (AvgIpc) is 2.73. The predicted octanol–water partition coefficient (Wildman–Crippen LogP) is 1.61. The maximum atomic E-state index is 12.6. The van der Waals surface area contributed by atoms with Crippen LogP contribution in [0.15, 0.2) is 12.1 Å². The van der Waals surface area contributed by atoms with Crippen LogP contribution in [0.1, 0.15) is 10.4 Å². The van der Waals surface area contributed by atoms with Crippen molar-refractivity contribution in [2.24, 2.45) is 0 Å². The molecule has 1 N–H and O–H groups in total. The topological polar surface area (TPSA) is 103 Å². The summed E-state index contributed by atoms with van der Waals surface area (Å²) in [6, 6.07) is 2.19. The van der Waals surface area contributed by atoms with E-state index < -0.39 is 18.5 Å². The summed E-state index contributed by atoms with van der Waals surface area (Å²) in [5.41, 5.74) is -0.179. The molecule has 0 spiro atoms. The van der Waals surface area contributed by atoms with Gasteiger partial charge >= 0.3 is 12.6 Å². The molecule has 0 unspecified atom stereocenters. The molecule has 12 heteroatoms. The Hall–Kier alpha value is -2.60. The summed E-state index contributed by atoms with van der Waals surface area (Å²) in [7, 11) is 2.35. The lowest BCUT2D eigenvalue weighted by atomic mass is 10.1. The average molecular weight is 448 g/mol. The number of amides is 2. The zero-order chi connectivity index (χ0) is 22.1. The number of ether oxygens (including phenoxy) is 4. The van der Waals surface area contributed by atoms with Crippen LogP contribution in [0.5, 0.6) is 11.5 Å². The Labute approximate surface area is 176 Å². The molecule has 0 aliphatic carbocycles. The van der Waals surface area contributed by atoms with E-state index in [0.29, 0.717) is 26.3 Å². The maximum Gasteiger partial charge on any atom is 0.387 e. The summed E-state index contributed by atoms with van der Waals surface area (Å²) in [5.74, 6) is -1.92. The van der Waals surface area contributed by atoms with Gasteiger partial charge in [-0.1, -0.05) is 0 Å². The molecule has 30 heavy (non-hydrogen) atoms. The number of nitrogens with one attached hydrogen (secondary N) is 1. The van der Waals surface area contributed by atoms with Gasteiger partial charge in [0, 0.05) is 25.2 Å². The minimum Gasteiger partial charge on any atom is -0.493 e. The number of rotatable bonds is 9. The molecule has 0 radical (unpaired) electrons. The van der Waals surface area contributed by atoms with Gasteiger partial charge in [-0.2, -0.15) is 8.78 Å². The van der Waals surface area contributed by atoms with Gasteiger partial charge in [-0.3, -0.25) is 9.59 Å². The highest BCUT2D eigenvalue weighted by atomic mass is 32.2. The van der Waals surface area contributed by atoms with Crippen LogP contribution in [0.2, 0.25) is 0 Å². The molecule has 1 aliphatic rings. The van der Waals surface area contributed by atoms with E-state index >= 15 is 0 Å². The number of alkyl halides is 2. The molecule has 0 bridgehead atoms. The molecule has 0 aromatic heterocycles. The molecule has 0 atom stereocenters. The number of halogens is 2. The van der Waals surface area contributed by atoms with E-state index in [9.17, 15) is 23.2 Å². The van der Waals surface area contributed by atoms with Crippen molar-refractivity contribution >= 4 is 35.2 Å². The van der Waals surface area contributed by atoms with Crippen molar-refractivity contribution in [1.82, 2.24) is 4.90 Å². The van der Waals surface area contributed by atoms with Crippen LogP contribution in [0.3, 0.4) is 0 Å². The van der Waals surface area contributed by atoms with Gasteiger partial charge in [0.05, 0.1) is 50.2 Å². The van der Waals surface area contributed by atoms with Crippen LogP contribution in [0, 0.1) is 0 Å². The van der Waals surface area contributed by atoms with Crippen LogP contribution >= 0.6 is 11.8 Å². The van der Waals surface area contributed by atoms with Gasteiger partial charge in [0.25, 0.3) is 0 Å². The third-order valence-electron chi connectivity index (χ3n) is 4.02. The Kier molecular flexibility index (Phi) is 9.12. The Morgan fingerprint density at radius 3 is 2.47 bits per heavy atom. The number of hydrogen-bond donors (Lipinski definition) is 1. The largest absolute Gasteiger partial charge is 0.493 e. The maximum absolute atomic E-state index is 12.6. The van der Waals surface area contributed by atoms with Crippen LogP contribution in [-0.4, -0.2) is 81.3 Å². The first-order chi connectivity index (χ1) is 14.3. The minimum atomic E-state index is -3.13. The SMILES string of the molecule is COC(=O)c1cc(OC)c(OC(F)F)cc1NC(=O)CSCC(=O)N1CCOCC1. The van der Waals surface area contributed by atoms with Gasteiger partial charge in [-0.25, -0.2) is 4.79 Å². The Bertz CT molecular complexity index is 773. The molecule has 1 fully saturated rings. The highest BCUT2D eigenvalue weighted by molar-refractivity contribution is 8.00. The number of morpholine rings is 1. The van der Waals surface area contributed by atoms with Crippen LogP contribution < -0.4 is 14.8 Å². The zero-order valence-electron chi connectivity index (χ0n) is 16.4. The van der Waals surface area contributed by atoms with Gasteiger partial charge < -0.3 is 29.2 Å². The summed E-state index contributed by atoms with van der Waals surface area (Å²) in [6.07, 6.45) is 0. The quantitative estimate of drug-likeness (QED) is 0.569. The molecule has 1 heterocycles. The summed E-state index contributed by atoms with van der Waals surface area (Å²) in [4.78, 5) is 38.0. The summed E-state index contributed by atoms with van der Waals surface area (Å²) in [6.45, 7) is -1.16. The van der Waals surface area contributed by atoms with Crippen molar-refractivity contribution in [3.8, 4) is 11.5 Å². The van der Waals surface area contributed by atoms with E-state index in [1.54, 1.807) is 4.90 Å². The lowest BCUT2D eigenvalue weighted by Gasteiger charge is -2.26. The second-order valence-corrected chi connectivity index (χ2v) is 6.94. The number of esters is 1. The first-order valence-corrected chi connectivity index (χ1v) is 9.99. The number of thioether (sulfide) groups is 1. The fourth-order valence-corrected chi connectivity index (χ4v) is 3.33. The minimum absolute atomic E-state index is 0.0802. The number of hydrogen-bond acceptors (Lipinski definition) is 8. The lowest BCUT2D eigenvalue weighted by molar-refractivity contribution is -0.132. The lowest BCUT2D eigenvalue weighted by Crippen LogP contribution is -2.41. The van der Waals surface area contributed by atoms with Crippen LogP contribution in [0.25, 0.3) is 0 Å². The molecule has 1 aromatic rings. The van der Waals surface area contributed by atoms with Crippen molar-refractivity contribution < 1.29 is 42.1 Å². The summed E-state index contributed by atoms with van der Waals surface area (Å²) >= 11 is 1.09. The first-order valence-electron chi connectivity index (χ1n) is 8.84. The number of carbonyl (C=O) groups is 3. The van der Waals surface area contributed by atoms with E-state index in [-0.39, 0.29) is 40.2 Å². The van der Waals surface area contributed by atoms with Crippen molar-refractivity contribution in [2.75, 3.05) is 57.3 Å². The molecule has 9 nitrogen and oxygen atoms in total. The Balaban J connectivity index is 2.04. The normalized spacial score (nSPS) is 13.7. The Morgan fingerprint density at radius 2 is 1.87 bits per heavy atom. The van der Waals surface area contributed by atoms with E-state index in [1.807, 2.05) is 0 Å². The Morgan fingerprint density at radius 1 is 1.17 bits per heavy atom. The second-order valence-electron chi connectivity index (χ2n) is 5.95. The van der Waals surface area contributed by atoms with E-state index in [0.717, 1.165) is 31.0 Å². The molecule has 1 aromatic carbocycles. The molecular formula is C18H22F2N2O7S. The van der Waals surface area contributed by atoms with Gasteiger partial charge in [-0.15, -0.1) is 11.8 Å². The van der Waals surface area contributed by atoms with E-state index in [4.69, 9.17) is 9.47 Å². The molecule has 166 valence electrons. The standard InChI is InChI=1S/C18H22F2N2O7S/c1-26-13-7-11(17(25)27-2)12(8-14(13)29-18(19)20)21-15(23)9-30-10-16(24)22-3-5-28-6-4-22/h7-8,18H,3-6,9-10H2,1-2H3,(H,21,23). The summed E-state index contributed by atoms with van der Waals surface area (Å²) in [5, 5.41) is 2.46. The first kappa shape index (κ1) is 23.7. The second kappa shape index (κ2) is 11.6. The van der Waals surface area contributed by atoms with E-state index in [2.05, 4.69) is 14.8 Å². The number of nitrogens with zero attached hydrogens (tertiary/aromatic N) is 1. The number of anilines is 1. The van der Waals surface area contributed by atoms with Gasteiger partial charge in [0.1, 0.15) is 0 Å². The zero-order valence-corrected chi connectivity index (χ0v) is 17.3. The fraction of sp³-hybridized carbons (Fsp3) is 0.500. The highest BCUT2D eigenvalue weighted by Crippen LogP contribution is 2.35. The van der Waals surface area contributed by atoms with E-state index in [1.165, 1.54) is 7.11 Å². The van der Waals surface area contributed by atoms with Crippen molar-refractivity contribution in [3.63, 3.8) is 0 Å². The predicted molar refractivity (Wildman–Crippen MR) is 104 cm³/mol. The number of carbonyl (C=O) groups excluding carboxylic acids is 3. The van der Waals surface area contributed by atoms with Gasteiger partial charge in [0.15, 0.2) is 11.5 Å². The molecule has 1 aliphatic heterocycles. The van der Waals surface area contributed by atoms with Crippen molar-refractivity contribution in [3.05, 3.63) is 17.7 Å². The molecule has 0 saturated carbocycles. The third-order valence-corrected chi connectivity index (χ3v) is 4.94.